The third-order valence-corrected chi connectivity index (χ3v) is 5.94. The Labute approximate surface area is 258 Å². The van der Waals surface area contributed by atoms with E-state index in [0.717, 1.165) is 12.1 Å². The van der Waals surface area contributed by atoms with E-state index in [4.69, 9.17) is 10.5 Å². The van der Waals surface area contributed by atoms with Crippen LogP contribution < -0.4 is 15.8 Å². The van der Waals surface area contributed by atoms with Crippen LogP contribution in [0.15, 0.2) is 60.8 Å². The molecular formula is C30H26F5N5O6. The molecule has 46 heavy (non-hydrogen) atoms. The number of aryl methyl sites for hydroxylation is 2. The van der Waals surface area contributed by atoms with Gasteiger partial charge in [0, 0.05) is 6.20 Å². The predicted octanol–water partition coefficient (Wildman–Crippen LogP) is 4.82. The van der Waals surface area contributed by atoms with Gasteiger partial charge in [-0.05, 0) is 43.2 Å². The van der Waals surface area contributed by atoms with Crippen LogP contribution in [0.1, 0.15) is 32.9 Å². The molecule has 242 valence electrons. The van der Waals surface area contributed by atoms with Crippen molar-refractivity contribution in [2.24, 2.45) is 5.73 Å². The molecule has 0 aliphatic rings. The Hall–Kier alpha value is -5.72. The number of aromatic nitrogens is 2. The molecular weight excluding hydrogens is 621 g/mol. The van der Waals surface area contributed by atoms with Gasteiger partial charge in [-0.1, -0.05) is 36.4 Å². The lowest BCUT2D eigenvalue weighted by molar-refractivity contribution is -0.201. The number of benzene rings is 2. The Morgan fingerprint density at radius 3 is 2.26 bits per heavy atom. The predicted molar refractivity (Wildman–Crippen MR) is 150 cm³/mol. The van der Waals surface area contributed by atoms with Gasteiger partial charge < -0.3 is 25.3 Å². The van der Waals surface area contributed by atoms with Crippen molar-refractivity contribution in [3.63, 3.8) is 0 Å². The number of nitrogens with one attached hydrogen (secondary N) is 1. The van der Waals surface area contributed by atoms with Crippen molar-refractivity contribution in [2.75, 3.05) is 6.61 Å². The minimum absolute atomic E-state index is 0.116. The SMILES string of the molecule is Cc1cc(OCc2c(F)cccc2F)c2nc(C)c(C(=O)NC(C#N)COC(N)=O)n2c1.O=C(OCc1ccccc1)C(F)(F)F. The van der Waals surface area contributed by atoms with E-state index >= 15 is 0 Å². The molecule has 0 aliphatic carbocycles. The van der Waals surface area contributed by atoms with Gasteiger partial charge in [0.15, 0.2) is 17.4 Å². The number of ether oxygens (including phenoxy) is 3. The van der Waals surface area contributed by atoms with Gasteiger partial charge in [-0.15, -0.1) is 0 Å². The van der Waals surface area contributed by atoms with Crippen LogP contribution in [0.4, 0.5) is 26.7 Å². The number of nitrogens with two attached hydrogens (primary N) is 1. The molecule has 0 aliphatic heterocycles. The first kappa shape index (κ1) is 34.8. The number of esters is 1. The average Bonchev–Trinajstić information content (AvgIpc) is 3.33. The fourth-order valence-corrected chi connectivity index (χ4v) is 3.87. The largest absolute Gasteiger partial charge is 0.490 e. The lowest BCUT2D eigenvalue weighted by Gasteiger charge is -2.13. The summed E-state index contributed by atoms with van der Waals surface area (Å²) in [5.41, 5.74) is 6.53. The highest BCUT2D eigenvalue weighted by atomic mass is 19.4. The Kier molecular flexibility index (Phi) is 11.6. The zero-order valence-electron chi connectivity index (χ0n) is 24.2. The van der Waals surface area contributed by atoms with Crippen molar-refractivity contribution in [3.05, 3.63) is 101 Å². The maximum absolute atomic E-state index is 13.9. The van der Waals surface area contributed by atoms with Gasteiger partial charge in [0.25, 0.3) is 5.91 Å². The first-order valence-electron chi connectivity index (χ1n) is 13.2. The number of fused-ring (bicyclic) bond motifs is 1. The highest BCUT2D eigenvalue weighted by molar-refractivity contribution is 5.95. The topological polar surface area (TPSA) is 158 Å². The Morgan fingerprint density at radius 2 is 1.67 bits per heavy atom. The number of primary amides is 1. The summed E-state index contributed by atoms with van der Waals surface area (Å²) in [6.45, 7) is 2.16. The molecule has 0 saturated heterocycles. The van der Waals surface area contributed by atoms with Crippen molar-refractivity contribution < 1.29 is 50.5 Å². The summed E-state index contributed by atoms with van der Waals surface area (Å²) in [5, 5.41) is 11.6. The zero-order valence-corrected chi connectivity index (χ0v) is 24.2. The average molecular weight is 648 g/mol. The van der Waals surface area contributed by atoms with E-state index in [0.29, 0.717) is 16.8 Å². The summed E-state index contributed by atoms with van der Waals surface area (Å²) in [4.78, 5) is 38.2. The second-order valence-electron chi connectivity index (χ2n) is 9.45. The smallest absolute Gasteiger partial charge is 0.485 e. The fourth-order valence-electron chi connectivity index (χ4n) is 3.87. The molecule has 16 heteroatoms. The molecule has 1 unspecified atom stereocenters. The molecule has 4 rings (SSSR count). The highest BCUT2D eigenvalue weighted by Gasteiger charge is 2.40. The van der Waals surface area contributed by atoms with Crippen LogP contribution >= 0.6 is 0 Å². The molecule has 2 aromatic heterocycles. The van der Waals surface area contributed by atoms with Gasteiger partial charge in [-0.2, -0.15) is 18.4 Å². The zero-order chi connectivity index (χ0) is 34.0. The van der Waals surface area contributed by atoms with Gasteiger partial charge in [0.1, 0.15) is 37.1 Å². The van der Waals surface area contributed by atoms with Crippen LogP contribution in [-0.2, 0) is 27.5 Å². The summed E-state index contributed by atoms with van der Waals surface area (Å²) in [7, 11) is 0. The number of hydrogen-bond donors (Lipinski definition) is 2. The second-order valence-corrected chi connectivity index (χ2v) is 9.45. The Balaban J connectivity index is 0.000000344. The number of nitriles is 1. The molecule has 2 amide bonds. The third kappa shape index (κ3) is 9.39. The summed E-state index contributed by atoms with van der Waals surface area (Å²) < 4.78 is 78.6. The van der Waals surface area contributed by atoms with E-state index in [1.807, 2.05) is 0 Å². The molecule has 11 nitrogen and oxygen atoms in total. The Morgan fingerprint density at radius 1 is 1.02 bits per heavy atom. The van der Waals surface area contributed by atoms with Gasteiger partial charge in [-0.25, -0.2) is 23.4 Å². The number of hydrogen-bond acceptors (Lipinski definition) is 8. The number of carbonyl (C=O) groups excluding carboxylic acids is 3. The van der Waals surface area contributed by atoms with Crippen LogP contribution in [0.5, 0.6) is 5.75 Å². The normalized spacial score (nSPS) is 11.4. The number of alkyl halides is 3. The van der Waals surface area contributed by atoms with E-state index < -0.39 is 48.4 Å². The van der Waals surface area contributed by atoms with Crippen molar-refractivity contribution in [3.8, 4) is 11.8 Å². The van der Waals surface area contributed by atoms with E-state index in [2.05, 4.69) is 19.8 Å². The molecule has 0 saturated carbocycles. The number of pyridine rings is 1. The maximum atomic E-state index is 13.9. The fraction of sp³-hybridized carbons (Fsp3) is 0.233. The first-order valence-corrected chi connectivity index (χ1v) is 13.2. The molecule has 1 atom stereocenters. The van der Waals surface area contributed by atoms with Crippen LogP contribution in [0, 0.1) is 36.8 Å². The summed E-state index contributed by atoms with van der Waals surface area (Å²) in [5.74, 6) is -4.08. The van der Waals surface area contributed by atoms with Crippen LogP contribution in [0.25, 0.3) is 5.65 Å². The van der Waals surface area contributed by atoms with E-state index in [9.17, 15) is 41.6 Å². The van der Waals surface area contributed by atoms with E-state index in [-0.39, 0.29) is 35.9 Å². The summed E-state index contributed by atoms with van der Waals surface area (Å²) in [6.07, 6.45) is -4.37. The van der Waals surface area contributed by atoms with Crippen LogP contribution in [0.2, 0.25) is 0 Å². The van der Waals surface area contributed by atoms with Crippen LogP contribution in [-0.4, -0.2) is 46.2 Å². The van der Waals surface area contributed by atoms with Gasteiger partial charge in [0.2, 0.25) is 0 Å². The van der Waals surface area contributed by atoms with E-state index in [1.54, 1.807) is 62.5 Å². The standard InChI is InChI=1S/C21H19F2N5O4.C9H7F3O2/c1-11-6-17(31-10-14-15(22)4-3-5-16(14)23)19-26-12(2)18(28(19)8-11)20(29)27-13(7-24)9-32-21(25)30;10-9(11,12)8(13)14-6-7-4-2-1-3-5-7/h3-6,8,13H,9-10H2,1-2H3,(H2,25,30)(H,27,29);1-5H,6H2. The minimum atomic E-state index is -4.92. The molecule has 0 fully saturated rings. The number of halogens is 5. The molecule has 2 heterocycles. The molecule has 0 radical (unpaired) electrons. The van der Waals surface area contributed by atoms with Gasteiger partial charge >= 0.3 is 18.2 Å². The molecule has 3 N–H and O–H groups in total. The number of carbonyl (C=O) groups is 3. The molecule has 0 spiro atoms. The molecule has 0 bridgehead atoms. The molecule has 4 aromatic rings. The lowest BCUT2D eigenvalue weighted by Crippen LogP contribution is -2.39. The van der Waals surface area contributed by atoms with Gasteiger partial charge in [0.05, 0.1) is 17.3 Å². The highest BCUT2D eigenvalue weighted by Crippen LogP contribution is 2.26. The second kappa shape index (κ2) is 15.3. The summed E-state index contributed by atoms with van der Waals surface area (Å²) >= 11 is 0. The third-order valence-electron chi connectivity index (χ3n) is 5.94. The Bertz CT molecular complexity index is 1730. The number of amides is 2. The summed E-state index contributed by atoms with van der Waals surface area (Å²) in [6, 6.07) is 14.0. The monoisotopic (exact) mass is 647 g/mol. The van der Waals surface area contributed by atoms with Crippen molar-refractivity contribution in [2.45, 2.75) is 39.3 Å². The number of rotatable bonds is 9. The minimum Gasteiger partial charge on any atom is -0.485 e. The first-order chi connectivity index (χ1) is 21.7. The molecule has 2 aromatic carbocycles. The number of imidazole rings is 1. The lowest BCUT2D eigenvalue weighted by atomic mass is 10.2. The van der Waals surface area contributed by atoms with Crippen molar-refractivity contribution in [1.82, 2.24) is 14.7 Å². The van der Waals surface area contributed by atoms with Gasteiger partial charge in [-0.3, -0.25) is 9.20 Å². The van der Waals surface area contributed by atoms with Crippen LogP contribution in [0.3, 0.4) is 0 Å². The number of nitrogens with zero attached hydrogens (tertiary/aromatic N) is 3. The van der Waals surface area contributed by atoms with Crippen molar-refractivity contribution in [1.29, 1.82) is 5.26 Å². The quantitative estimate of drug-likeness (QED) is 0.193. The van der Waals surface area contributed by atoms with E-state index in [1.165, 1.54) is 10.5 Å². The maximum Gasteiger partial charge on any atom is 0.490 e. The van der Waals surface area contributed by atoms with Crippen molar-refractivity contribution >= 4 is 23.6 Å².